The lowest BCUT2D eigenvalue weighted by Crippen LogP contribution is -2.18. The molecule has 27 heavy (non-hydrogen) atoms. The molecule has 6 heteroatoms. The summed E-state index contributed by atoms with van der Waals surface area (Å²) < 4.78 is 5.66. The predicted octanol–water partition coefficient (Wildman–Crippen LogP) is 5.41. The van der Waals surface area contributed by atoms with Gasteiger partial charge in [-0.1, -0.05) is 29.8 Å². The summed E-state index contributed by atoms with van der Waals surface area (Å²) in [4.78, 5) is 18.1. The van der Waals surface area contributed by atoms with Gasteiger partial charge in [0.25, 0.3) is 5.91 Å². The van der Waals surface area contributed by atoms with E-state index in [-0.39, 0.29) is 11.6 Å². The highest BCUT2D eigenvalue weighted by Gasteiger charge is 2.13. The number of hydrogen-bond donors (Lipinski definition) is 1. The molecular weight excluding hydrogens is 380 g/mol. The van der Waals surface area contributed by atoms with Gasteiger partial charge in [-0.25, -0.2) is 4.98 Å². The number of carbonyl (C=O) groups excluding carboxylic acids is 1. The largest absolute Gasteiger partial charge is 0.493 e. The highest BCUT2D eigenvalue weighted by Crippen LogP contribution is 2.30. The average molecular weight is 399 g/mol. The van der Waals surface area contributed by atoms with Gasteiger partial charge in [0.2, 0.25) is 0 Å². The van der Waals surface area contributed by atoms with Crippen molar-refractivity contribution in [2.24, 2.45) is 0 Å². The average Bonchev–Trinajstić information content (AvgIpc) is 2.69. The van der Waals surface area contributed by atoms with E-state index >= 15 is 0 Å². The molecule has 1 heterocycles. The van der Waals surface area contributed by atoms with E-state index in [9.17, 15) is 4.79 Å². The molecule has 0 aliphatic heterocycles. The summed E-state index contributed by atoms with van der Waals surface area (Å²) in [6.45, 7) is 2.38. The molecule has 0 saturated carbocycles. The number of benzene rings is 2. The Morgan fingerprint density at radius 1 is 1.26 bits per heavy atom. The van der Waals surface area contributed by atoms with Gasteiger partial charge in [0.05, 0.1) is 17.1 Å². The number of fused-ring (bicyclic) bond motifs is 1. The predicted molar refractivity (Wildman–Crippen MR) is 113 cm³/mol. The van der Waals surface area contributed by atoms with Gasteiger partial charge in [-0.2, -0.15) is 0 Å². The molecule has 0 bridgehead atoms. The number of nitrogens with zero attached hydrogens (tertiary/aromatic N) is 1. The molecule has 0 atom stereocenters. The van der Waals surface area contributed by atoms with Crippen molar-refractivity contribution < 1.29 is 9.53 Å². The molecule has 0 aliphatic rings. The van der Waals surface area contributed by atoms with Crippen molar-refractivity contribution in [1.82, 2.24) is 10.3 Å². The molecule has 3 rings (SSSR count). The van der Waals surface area contributed by atoms with Crippen molar-refractivity contribution in [2.75, 3.05) is 12.9 Å². The van der Waals surface area contributed by atoms with Crippen LogP contribution in [0.2, 0.25) is 5.02 Å². The van der Waals surface area contributed by atoms with E-state index in [1.807, 2.05) is 55.7 Å². The zero-order valence-corrected chi connectivity index (χ0v) is 16.6. The van der Waals surface area contributed by atoms with E-state index in [1.54, 1.807) is 30.1 Å². The van der Waals surface area contributed by atoms with Crippen LogP contribution in [0.15, 0.2) is 59.6 Å². The first kappa shape index (κ1) is 19.3. The molecular formula is C21H19ClN2O2S. The summed E-state index contributed by atoms with van der Waals surface area (Å²) >= 11 is 7.94. The maximum absolute atomic E-state index is 12.5. The molecule has 2 aromatic carbocycles. The Labute approximate surface area is 167 Å². The summed E-state index contributed by atoms with van der Waals surface area (Å²) in [7, 11) is 0. The minimum Gasteiger partial charge on any atom is -0.493 e. The molecule has 4 nitrogen and oxygen atoms in total. The van der Waals surface area contributed by atoms with Gasteiger partial charge < -0.3 is 10.1 Å². The number of carbonyl (C=O) groups is 1. The maximum Gasteiger partial charge on any atom is 0.273 e. The van der Waals surface area contributed by atoms with Crippen molar-refractivity contribution in [2.45, 2.75) is 11.8 Å². The molecule has 1 aromatic heterocycles. The number of para-hydroxylation sites is 1. The second-order valence-corrected chi connectivity index (χ2v) is 6.94. The van der Waals surface area contributed by atoms with Gasteiger partial charge in [-0.05, 0) is 49.1 Å². The smallest absolute Gasteiger partial charge is 0.273 e. The quantitative estimate of drug-likeness (QED) is 0.564. The van der Waals surface area contributed by atoms with Crippen LogP contribution in [0.25, 0.3) is 17.0 Å². The van der Waals surface area contributed by atoms with E-state index in [0.29, 0.717) is 22.9 Å². The Balaban J connectivity index is 1.82. The zero-order valence-electron chi connectivity index (χ0n) is 15.0. The molecule has 0 aliphatic carbocycles. The molecule has 1 N–H and O–H groups in total. The van der Waals surface area contributed by atoms with E-state index in [0.717, 1.165) is 10.9 Å². The second kappa shape index (κ2) is 8.93. The normalized spacial score (nSPS) is 11.1. The van der Waals surface area contributed by atoms with Gasteiger partial charge in [-0.15, -0.1) is 11.8 Å². The molecule has 1 amide bonds. The first-order valence-electron chi connectivity index (χ1n) is 8.46. The van der Waals surface area contributed by atoms with Crippen LogP contribution in [0.1, 0.15) is 23.0 Å². The summed E-state index contributed by atoms with van der Waals surface area (Å²) in [5.41, 5.74) is 1.80. The fourth-order valence-corrected chi connectivity index (χ4v) is 3.20. The molecule has 3 aromatic rings. The summed E-state index contributed by atoms with van der Waals surface area (Å²) in [5, 5.41) is 4.01. The zero-order chi connectivity index (χ0) is 19.2. The molecule has 0 saturated heterocycles. The van der Waals surface area contributed by atoms with Gasteiger partial charge in [0.1, 0.15) is 11.4 Å². The van der Waals surface area contributed by atoms with Gasteiger partial charge in [-0.3, -0.25) is 4.79 Å². The fourth-order valence-electron chi connectivity index (χ4n) is 2.58. The lowest BCUT2D eigenvalue weighted by molar-refractivity contribution is 0.0965. The van der Waals surface area contributed by atoms with Crippen LogP contribution in [0, 0.1) is 0 Å². The molecule has 0 unspecified atom stereocenters. The minimum absolute atomic E-state index is 0.251. The third-order valence-corrected chi connectivity index (χ3v) is 4.94. The van der Waals surface area contributed by atoms with Crippen LogP contribution < -0.4 is 10.1 Å². The Hall–Kier alpha value is -2.50. The Bertz CT molecular complexity index is 987. The lowest BCUT2D eigenvalue weighted by atomic mass is 10.1. The van der Waals surface area contributed by atoms with Crippen LogP contribution >= 0.6 is 23.4 Å². The third kappa shape index (κ3) is 4.62. The van der Waals surface area contributed by atoms with E-state index in [4.69, 9.17) is 16.3 Å². The van der Waals surface area contributed by atoms with Crippen molar-refractivity contribution in [3.05, 3.63) is 71.0 Å². The number of pyridine rings is 1. The van der Waals surface area contributed by atoms with Crippen molar-refractivity contribution in [3.8, 4) is 5.75 Å². The number of halogens is 1. The standard InChI is InChI=1S/C21H19ClN2O2S/c1-3-26-19-13-18(24-20-16(19)5-4-6-17(20)22)21(25)23-12-11-14-7-9-15(27-2)10-8-14/h4-13H,3H2,1-2H3,(H,23,25)/b12-11+. The van der Waals surface area contributed by atoms with Crippen molar-refractivity contribution in [3.63, 3.8) is 0 Å². The van der Waals surface area contributed by atoms with E-state index < -0.39 is 0 Å². The summed E-state index contributed by atoms with van der Waals surface area (Å²) in [6, 6.07) is 15.1. The molecule has 0 fully saturated rings. The van der Waals surface area contributed by atoms with Crippen molar-refractivity contribution in [1.29, 1.82) is 0 Å². The van der Waals surface area contributed by atoms with Crippen LogP contribution in [0.4, 0.5) is 0 Å². The van der Waals surface area contributed by atoms with Crippen LogP contribution in [-0.2, 0) is 0 Å². The number of thioether (sulfide) groups is 1. The second-order valence-electron chi connectivity index (χ2n) is 5.65. The van der Waals surface area contributed by atoms with Crippen LogP contribution in [0.5, 0.6) is 5.75 Å². The Kier molecular flexibility index (Phi) is 6.37. The third-order valence-electron chi connectivity index (χ3n) is 3.89. The lowest BCUT2D eigenvalue weighted by Gasteiger charge is -2.10. The Morgan fingerprint density at radius 3 is 2.74 bits per heavy atom. The number of hydrogen-bond acceptors (Lipinski definition) is 4. The van der Waals surface area contributed by atoms with E-state index in [1.165, 1.54) is 4.90 Å². The molecule has 0 radical (unpaired) electrons. The van der Waals surface area contributed by atoms with Crippen molar-refractivity contribution >= 4 is 46.2 Å². The molecule has 0 spiro atoms. The number of rotatable bonds is 6. The number of aromatic nitrogens is 1. The maximum atomic E-state index is 12.5. The highest BCUT2D eigenvalue weighted by atomic mass is 35.5. The fraction of sp³-hybridized carbons (Fsp3) is 0.143. The number of nitrogens with one attached hydrogen (secondary N) is 1. The van der Waals surface area contributed by atoms with Gasteiger partial charge >= 0.3 is 0 Å². The summed E-state index contributed by atoms with van der Waals surface area (Å²) in [5.74, 6) is 0.265. The Morgan fingerprint density at radius 2 is 2.04 bits per heavy atom. The first-order valence-corrected chi connectivity index (χ1v) is 10.1. The van der Waals surface area contributed by atoms with E-state index in [2.05, 4.69) is 10.3 Å². The number of ether oxygens (including phenoxy) is 1. The monoisotopic (exact) mass is 398 g/mol. The SMILES string of the molecule is CCOc1cc(C(=O)N/C=C/c2ccc(SC)cc2)nc2c(Cl)cccc12. The minimum atomic E-state index is -0.324. The first-order chi connectivity index (χ1) is 13.1. The topological polar surface area (TPSA) is 51.2 Å². The van der Waals surface area contributed by atoms with Crippen LogP contribution in [-0.4, -0.2) is 23.8 Å². The van der Waals surface area contributed by atoms with Gasteiger partial charge in [0, 0.05) is 22.5 Å². The highest BCUT2D eigenvalue weighted by molar-refractivity contribution is 7.98. The molecule has 138 valence electrons. The number of amides is 1. The van der Waals surface area contributed by atoms with Gasteiger partial charge in [0.15, 0.2) is 0 Å². The van der Waals surface area contributed by atoms with Crippen LogP contribution in [0.3, 0.4) is 0 Å². The summed E-state index contributed by atoms with van der Waals surface area (Å²) in [6.07, 6.45) is 5.47.